The van der Waals surface area contributed by atoms with Crippen molar-refractivity contribution in [2.75, 3.05) is 7.11 Å². The van der Waals surface area contributed by atoms with Crippen molar-refractivity contribution < 1.29 is 13.9 Å². The van der Waals surface area contributed by atoms with E-state index in [0.717, 1.165) is 6.20 Å². The SMILES string of the molecule is CCc1cc(F)cnc1C(=O)OC. The lowest BCUT2D eigenvalue weighted by Gasteiger charge is -2.03. The molecule has 1 aromatic heterocycles. The molecule has 0 aliphatic heterocycles. The number of aromatic nitrogens is 1. The largest absolute Gasteiger partial charge is 0.464 e. The zero-order valence-electron chi connectivity index (χ0n) is 7.50. The van der Waals surface area contributed by atoms with Crippen molar-refractivity contribution in [3.8, 4) is 0 Å². The molecule has 0 aliphatic carbocycles. The second kappa shape index (κ2) is 3.98. The highest BCUT2D eigenvalue weighted by molar-refractivity contribution is 5.88. The molecule has 0 amide bonds. The maximum absolute atomic E-state index is 12.7. The van der Waals surface area contributed by atoms with Crippen molar-refractivity contribution in [1.29, 1.82) is 0 Å². The third-order valence-corrected chi connectivity index (χ3v) is 1.69. The molecular weight excluding hydrogens is 173 g/mol. The first-order valence-corrected chi connectivity index (χ1v) is 3.91. The monoisotopic (exact) mass is 183 g/mol. The Bertz CT molecular complexity index is 325. The molecular formula is C9H10FNO2. The zero-order chi connectivity index (χ0) is 9.84. The van der Waals surface area contributed by atoms with Gasteiger partial charge in [-0.15, -0.1) is 0 Å². The standard InChI is InChI=1S/C9H10FNO2/c1-3-6-4-7(10)5-11-8(6)9(12)13-2/h4-5H,3H2,1-2H3. The van der Waals surface area contributed by atoms with Crippen molar-refractivity contribution in [2.45, 2.75) is 13.3 Å². The normalized spacial score (nSPS) is 9.77. The van der Waals surface area contributed by atoms with Crippen molar-refractivity contribution in [2.24, 2.45) is 0 Å². The van der Waals surface area contributed by atoms with Crippen LogP contribution < -0.4 is 0 Å². The number of halogens is 1. The molecule has 70 valence electrons. The minimum absolute atomic E-state index is 0.186. The van der Waals surface area contributed by atoms with E-state index in [1.54, 1.807) is 0 Å². The first-order chi connectivity index (χ1) is 6.19. The molecule has 1 aromatic rings. The third kappa shape index (κ3) is 2.02. The third-order valence-electron chi connectivity index (χ3n) is 1.69. The van der Waals surface area contributed by atoms with Crippen LogP contribution in [-0.4, -0.2) is 18.1 Å². The molecule has 0 saturated heterocycles. The van der Waals surface area contributed by atoms with E-state index in [-0.39, 0.29) is 5.69 Å². The Kier molecular flexibility index (Phi) is 2.95. The summed E-state index contributed by atoms with van der Waals surface area (Å²) in [5.74, 6) is -0.971. The first-order valence-electron chi connectivity index (χ1n) is 3.91. The predicted molar refractivity (Wildman–Crippen MR) is 44.9 cm³/mol. The summed E-state index contributed by atoms with van der Waals surface area (Å²) in [5.41, 5.74) is 0.748. The molecule has 0 spiro atoms. The van der Waals surface area contributed by atoms with Crippen molar-refractivity contribution >= 4 is 5.97 Å². The van der Waals surface area contributed by atoms with Crippen LogP contribution in [0.5, 0.6) is 0 Å². The molecule has 0 saturated carbocycles. The Morgan fingerprint density at radius 3 is 2.92 bits per heavy atom. The van der Waals surface area contributed by atoms with Crippen LogP contribution in [0.25, 0.3) is 0 Å². The van der Waals surface area contributed by atoms with E-state index >= 15 is 0 Å². The van der Waals surface area contributed by atoms with Crippen LogP contribution in [0, 0.1) is 5.82 Å². The van der Waals surface area contributed by atoms with Gasteiger partial charge in [0.05, 0.1) is 13.3 Å². The van der Waals surface area contributed by atoms with Crippen LogP contribution >= 0.6 is 0 Å². The number of rotatable bonds is 2. The number of hydrogen-bond donors (Lipinski definition) is 0. The predicted octanol–water partition coefficient (Wildman–Crippen LogP) is 1.57. The van der Waals surface area contributed by atoms with Crippen LogP contribution in [0.1, 0.15) is 23.0 Å². The highest BCUT2D eigenvalue weighted by Crippen LogP contribution is 2.09. The summed E-state index contributed by atoms with van der Waals surface area (Å²) in [6, 6.07) is 1.29. The van der Waals surface area contributed by atoms with Crippen LogP contribution in [0.2, 0.25) is 0 Å². The maximum Gasteiger partial charge on any atom is 0.356 e. The van der Waals surface area contributed by atoms with Crippen LogP contribution in [0.15, 0.2) is 12.3 Å². The molecule has 0 atom stereocenters. The number of pyridine rings is 1. The van der Waals surface area contributed by atoms with E-state index in [2.05, 4.69) is 9.72 Å². The summed E-state index contributed by atoms with van der Waals surface area (Å²) < 4.78 is 17.2. The number of aryl methyl sites for hydroxylation is 1. The minimum Gasteiger partial charge on any atom is -0.464 e. The van der Waals surface area contributed by atoms with E-state index in [1.807, 2.05) is 6.92 Å². The molecule has 13 heavy (non-hydrogen) atoms. The van der Waals surface area contributed by atoms with Gasteiger partial charge in [-0.25, -0.2) is 14.2 Å². The number of carbonyl (C=O) groups is 1. The number of esters is 1. The molecule has 0 N–H and O–H groups in total. The summed E-state index contributed by atoms with van der Waals surface area (Å²) in [6.45, 7) is 1.82. The van der Waals surface area contributed by atoms with E-state index in [1.165, 1.54) is 13.2 Å². The van der Waals surface area contributed by atoms with E-state index < -0.39 is 11.8 Å². The number of ether oxygens (including phenoxy) is 1. The molecule has 0 aromatic carbocycles. The Labute approximate surface area is 75.6 Å². The molecule has 0 bridgehead atoms. The topological polar surface area (TPSA) is 39.2 Å². The van der Waals surface area contributed by atoms with Gasteiger partial charge in [-0.1, -0.05) is 6.92 Å². The summed E-state index contributed by atoms with van der Waals surface area (Å²) >= 11 is 0. The fourth-order valence-electron chi connectivity index (χ4n) is 1.03. The highest BCUT2D eigenvalue weighted by Gasteiger charge is 2.12. The molecule has 1 rings (SSSR count). The number of hydrogen-bond acceptors (Lipinski definition) is 3. The maximum atomic E-state index is 12.7. The van der Waals surface area contributed by atoms with Crippen LogP contribution in [0.4, 0.5) is 4.39 Å². The highest BCUT2D eigenvalue weighted by atomic mass is 19.1. The summed E-state index contributed by atoms with van der Waals surface area (Å²) in [7, 11) is 1.27. The smallest absolute Gasteiger partial charge is 0.356 e. The van der Waals surface area contributed by atoms with Crippen molar-refractivity contribution in [3.63, 3.8) is 0 Å². The molecule has 0 radical (unpaired) electrons. The molecule has 3 nitrogen and oxygen atoms in total. The van der Waals surface area contributed by atoms with Gasteiger partial charge >= 0.3 is 5.97 Å². The van der Waals surface area contributed by atoms with Crippen LogP contribution in [0.3, 0.4) is 0 Å². The Balaban J connectivity index is 3.13. The van der Waals surface area contributed by atoms with Gasteiger partial charge < -0.3 is 4.74 Å². The Hall–Kier alpha value is -1.45. The Morgan fingerprint density at radius 2 is 2.38 bits per heavy atom. The lowest BCUT2D eigenvalue weighted by atomic mass is 10.1. The second-order valence-corrected chi connectivity index (χ2v) is 2.51. The Morgan fingerprint density at radius 1 is 1.69 bits per heavy atom. The molecule has 0 fully saturated rings. The second-order valence-electron chi connectivity index (χ2n) is 2.51. The number of nitrogens with zero attached hydrogens (tertiary/aromatic N) is 1. The van der Waals surface area contributed by atoms with Gasteiger partial charge in [0.15, 0.2) is 5.69 Å². The number of methoxy groups -OCH3 is 1. The fraction of sp³-hybridized carbons (Fsp3) is 0.333. The fourth-order valence-corrected chi connectivity index (χ4v) is 1.03. The minimum atomic E-state index is -0.531. The van der Waals surface area contributed by atoms with Gasteiger partial charge in [-0.3, -0.25) is 0 Å². The van der Waals surface area contributed by atoms with Gasteiger partial charge in [-0.2, -0.15) is 0 Å². The van der Waals surface area contributed by atoms with E-state index in [9.17, 15) is 9.18 Å². The van der Waals surface area contributed by atoms with Gasteiger partial charge in [0, 0.05) is 0 Å². The first kappa shape index (κ1) is 9.64. The molecule has 0 aliphatic rings. The van der Waals surface area contributed by atoms with Gasteiger partial charge in [0.1, 0.15) is 5.82 Å². The average molecular weight is 183 g/mol. The molecule has 0 unspecified atom stereocenters. The summed E-state index contributed by atoms with van der Waals surface area (Å²) in [6.07, 6.45) is 1.56. The van der Waals surface area contributed by atoms with Crippen molar-refractivity contribution in [3.05, 3.63) is 29.3 Å². The van der Waals surface area contributed by atoms with Gasteiger partial charge in [0.25, 0.3) is 0 Å². The van der Waals surface area contributed by atoms with Gasteiger partial charge in [0.2, 0.25) is 0 Å². The lowest BCUT2D eigenvalue weighted by molar-refractivity contribution is 0.0592. The molecule has 1 heterocycles. The quantitative estimate of drug-likeness (QED) is 0.653. The molecule has 4 heteroatoms. The zero-order valence-corrected chi connectivity index (χ0v) is 7.50. The average Bonchev–Trinajstić information content (AvgIpc) is 2.16. The summed E-state index contributed by atoms with van der Waals surface area (Å²) in [5, 5.41) is 0. The van der Waals surface area contributed by atoms with Crippen LogP contribution in [-0.2, 0) is 11.2 Å². The van der Waals surface area contributed by atoms with Gasteiger partial charge in [-0.05, 0) is 18.1 Å². The van der Waals surface area contributed by atoms with Crippen molar-refractivity contribution in [1.82, 2.24) is 4.98 Å². The number of carbonyl (C=O) groups excluding carboxylic acids is 1. The lowest BCUT2D eigenvalue weighted by Crippen LogP contribution is -2.08. The van der Waals surface area contributed by atoms with E-state index in [0.29, 0.717) is 12.0 Å². The van der Waals surface area contributed by atoms with E-state index in [4.69, 9.17) is 0 Å². The summed E-state index contributed by atoms with van der Waals surface area (Å²) in [4.78, 5) is 14.8.